The third-order valence-electron chi connectivity index (χ3n) is 3.70. The van der Waals surface area contributed by atoms with Crippen molar-refractivity contribution in [3.8, 4) is 0 Å². The Hall–Kier alpha value is -2.05. The molecule has 0 aromatic carbocycles. The SMILES string of the molecule is CNC(=O)NC1CCCN(C(=O)c2ncc(C(C)(C)C)o2)C1. The number of hydrogen-bond acceptors (Lipinski definition) is 4. The van der Waals surface area contributed by atoms with Gasteiger partial charge in [0, 0.05) is 31.6 Å². The Morgan fingerprint density at radius 3 is 2.73 bits per heavy atom. The maximum Gasteiger partial charge on any atom is 0.314 e. The van der Waals surface area contributed by atoms with E-state index in [0.717, 1.165) is 12.8 Å². The summed E-state index contributed by atoms with van der Waals surface area (Å²) >= 11 is 0. The molecule has 1 fully saturated rings. The summed E-state index contributed by atoms with van der Waals surface area (Å²) < 4.78 is 5.60. The maximum atomic E-state index is 12.5. The molecular formula is C15H24N4O3. The summed E-state index contributed by atoms with van der Waals surface area (Å²) in [7, 11) is 1.57. The fourth-order valence-electron chi connectivity index (χ4n) is 2.39. The van der Waals surface area contributed by atoms with Gasteiger partial charge in [0.1, 0.15) is 5.76 Å². The molecule has 7 heteroatoms. The highest BCUT2D eigenvalue weighted by atomic mass is 16.4. The first-order valence-corrected chi connectivity index (χ1v) is 7.55. The van der Waals surface area contributed by atoms with Gasteiger partial charge in [0.05, 0.1) is 6.20 Å². The Balaban J connectivity index is 2.02. The van der Waals surface area contributed by atoms with E-state index in [1.54, 1.807) is 18.1 Å². The van der Waals surface area contributed by atoms with E-state index in [0.29, 0.717) is 18.8 Å². The number of piperidine rings is 1. The number of amides is 3. The number of oxazole rings is 1. The van der Waals surface area contributed by atoms with E-state index in [-0.39, 0.29) is 29.3 Å². The molecule has 2 heterocycles. The van der Waals surface area contributed by atoms with E-state index in [2.05, 4.69) is 15.6 Å². The van der Waals surface area contributed by atoms with Crippen LogP contribution in [0.5, 0.6) is 0 Å². The van der Waals surface area contributed by atoms with Gasteiger partial charge >= 0.3 is 11.9 Å². The van der Waals surface area contributed by atoms with Gasteiger partial charge in [-0.05, 0) is 12.8 Å². The van der Waals surface area contributed by atoms with Gasteiger partial charge in [0.15, 0.2) is 0 Å². The van der Waals surface area contributed by atoms with Crippen LogP contribution in [0.25, 0.3) is 0 Å². The summed E-state index contributed by atoms with van der Waals surface area (Å²) in [5.41, 5.74) is -0.184. The number of carbonyl (C=O) groups excluding carboxylic acids is 2. The minimum atomic E-state index is -0.231. The molecule has 3 amide bonds. The molecule has 0 aliphatic carbocycles. The average molecular weight is 308 g/mol. The van der Waals surface area contributed by atoms with Crippen LogP contribution >= 0.6 is 0 Å². The van der Waals surface area contributed by atoms with Crippen LogP contribution in [0.3, 0.4) is 0 Å². The van der Waals surface area contributed by atoms with Crippen LogP contribution in [0.15, 0.2) is 10.6 Å². The average Bonchev–Trinajstić information content (AvgIpc) is 2.96. The summed E-state index contributed by atoms with van der Waals surface area (Å²) in [5, 5.41) is 5.36. The van der Waals surface area contributed by atoms with E-state index in [1.165, 1.54) is 0 Å². The van der Waals surface area contributed by atoms with E-state index >= 15 is 0 Å². The molecule has 1 atom stereocenters. The third-order valence-corrected chi connectivity index (χ3v) is 3.70. The Morgan fingerprint density at radius 1 is 1.41 bits per heavy atom. The second kappa shape index (κ2) is 6.37. The van der Waals surface area contributed by atoms with Crippen molar-refractivity contribution in [3.05, 3.63) is 17.8 Å². The number of likely N-dealkylation sites (tertiary alicyclic amines) is 1. The van der Waals surface area contributed by atoms with Crippen molar-refractivity contribution in [2.24, 2.45) is 0 Å². The first kappa shape index (κ1) is 16.3. The second-order valence-corrected chi connectivity index (χ2v) is 6.59. The third kappa shape index (κ3) is 3.78. The summed E-state index contributed by atoms with van der Waals surface area (Å²) in [6.45, 7) is 7.14. The standard InChI is InChI=1S/C15H24N4O3/c1-15(2,3)11-8-17-12(22-11)13(20)19-7-5-6-10(9-19)18-14(21)16-4/h8,10H,5-7,9H2,1-4H3,(H2,16,18,21). The van der Waals surface area contributed by atoms with Crippen molar-refractivity contribution < 1.29 is 14.0 Å². The van der Waals surface area contributed by atoms with E-state index in [9.17, 15) is 9.59 Å². The minimum Gasteiger partial charge on any atom is -0.437 e. The van der Waals surface area contributed by atoms with Gasteiger partial charge < -0.3 is 20.0 Å². The highest BCUT2D eigenvalue weighted by molar-refractivity contribution is 5.89. The van der Waals surface area contributed by atoms with Crippen LogP contribution in [-0.4, -0.2) is 48.0 Å². The zero-order valence-corrected chi connectivity index (χ0v) is 13.6. The monoisotopic (exact) mass is 308 g/mol. The number of nitrogens with one attached hydrogen (secondary N) is 2. The zero-order chi connectivity index (χ0) is 16.3. The van der Waals surface area contributed by atoms with Gasteiger partial charge in [-0.15, -0.1) is 0 Å². The van der Waals surface area contributed by atoms with Crippen LogP contribution in [0.2, 0.25) is 0 Å². The quantitative estimate of drug-likeness (QED) is 0.867. The van der Waals surface area contributed by atoms with Crippen molar-refractivity contribution in [1.82, 2.24) is 20.5 Å². The molecule has 1 aromatic rings. The van der Waals surface area contributed by atoms with Gasteiger partial charge in [-0.3, -0.25) is 4.79 Å². The zero-order valence-electron chi connectivity index (χ0n) is 13.6. The van der Waals surface area contributed by atoms with E-state index in [1.807, 2.05) is 20.8 Å². The van der Waals surface area contributed by atoms with E-state index in [4.69, 9.17) is 4.42 Å². The van der Waals surface area contributed by atoms with Crippen LogP contribution in [0.1, 0.15) is 50.1 Å². The number of urea groups is 1. The van der Waals surface area contributed by atoms with Gasteiger partial charge in [-0.2, -0.15) is 0 Å². The fourth-order valence-corrected chi connectivity index (χ4v) is 2.39. The lowest BCUT2D eigenvalue weighted by molar-refractivity contribution is 0.0654. The van der Waals surface area contributed by atoms with Crippen LogP contribution < -0.4 is 10.6 Å². The molecule has 7 nitrogen and oxygen atoms in total. The second-order valence-electron chi connectivity index (χ2n) is 6.59. The lowest BCUT2D eigenvalue weighted by Gasteiger charge is -2.32. The Labute approximate surface area is 130 Å². The number of carbonyl (C=O) groups is 2. The molecule has 1 aromatic heterocycles. The Bertz CT molecular complexity index is 547. The first-order valence-electron chi connectivity index (χ1n) is 7.55. The largest absolute Gasteiger partial charge is 0.437 e. The molecule has 0 spiro atoms. The molecule has 1 saturated heterocycles. The number of rotatable bonds is 2. The van der Waals surface area contributed by atoms with Gasteiger partial charge in [-0.25, -0.2) is 9.78 Å². The summed E-state index contributed by atoms with van der Waals surface area (Å²) in [4.78, 5) is 29.7. The van der Waals surface area contributed by atoms with Gasteiger partial charge in [0.2, 0.25) is 0 Å². The van der Waals surface area contributed by atoms with Gasteiger partial charge in [-0.1, -0.05) is 20.8 Å². The maximum absolute atomic E-state index is 12.5. The molecule has 0 radical (unpaired) electrons. The fraction of sp³-hybridized carbons (Fsp3) is 0.667. The molecule has 122 valence electrons. The Kier molecular flexibility index (Phi) is 4.73. The molecule has 1 unspecified atom stereocenters. The molecule has 2 rings (SSSR count). The van der Waals surface area contributed by atoms with E-state index < -0.39 is 0 Å². The van der Waals surface area contributed by atoms with Crippen molar-refractivity contribution in [1.29, 1.82) is 0 Å². The Morgan fingerprint density at radius 2 is 2.14 bits per heavy atom. The predicted octanol–water partition coefficient (Wildman–Crippen LogP) is 1.51. The molecule has 0 bridgehead atoms. The lowest BCUT2D eigenvalue weighted by Crippen LogP contribution is -2.51. The summed E-state index contributed by atoms with van der Waals surface area (Å²) in [6, 6.07) is -0.278. The first-order chi connectivity index (χ1) is 10.3. The smallest absolute Gasteiger partial charge is 0.314 e. The number of nitrogens with zero attached hydrogens (tertiary/aromatic N) is 2. The highest BCUT2D eigenvalue weighted by Gasteiger charge is 2.29. The topological polar surface area (TPSA) is 87.5 Å². The molecule has 1 aliphatic rings. The normalized spacial score (nSPS) is 18.9. The minimum absolute atomic E-state index is 0.0466. The van der Waals surface area contributed by atoms with Crippen molar-refractivity contribution in [2.45, 2.75) is 45.1 Å². The summed E-state index contributed by atoms with van der Waals surface area (Å²) in [6.07, 6.45) is 3.31. The van der Waals surface area contributed by atoms with Crippen molar-refractivity contribution in [3.63, 3.8) is 0 Å². The number of aromatic nitrogens is 1. The number of hydrogen-bond donors (Lipinski definition) is 2. The summed E-state index contributed by atoms with van der Waals surface area (Å²) in [5.74, 6) is 0.581. The highest BCUT2D eigenvalue weighted by Crippen LogP contribution is 2.23. The van der Waals surface area contributed by atoms with Crippen molar-refractivity contribution >= 4 is 11.9 Å². The van der Waals surface area contributed by atoms with Crippen LogP contribution in [0.4, 0.5) is 4.79 Å². The molecule has 22 heavy (non-hydrogen) atoms. The van der Waals surface area contributed by atoms with Crippen LogP contribution in [0, 0.1) is 0 Å². The molecule has 0 saturated carbocycles. The van der Waals surface area contributed by atoms with Crippen LogP contribution in [-0.2, 0) is 5.41 Å². The molecule has 1 aliphatic heterocycles. The molecular weight excluding hydrogens is 284 g/mol. The van der Waals surface area contributed by atoms with Crippen molar-refractivity contribution in [2.75, 3.05) is 20.1 Å². The predicted molar refractivity (Wildman–Crippen MR) is 81.7 cm³/mol. The molecule has 2 N–H and O–H groups in total. The lowest BCUT2D eigenvalue weighted by atomic mass is 9.94. The van der Waals surface area contributed by atoms with Gasteiger partial charge in [0.25, 0.3) is 5.89 Å².